The lowest BCUT2D eigenvalue weighted by Crippen LogP contribution is -2.15. The molecule has 0 spiro atoms. The van der Waals surface area contributed by atoms with Gasteiger partial charge in [0.2, 0.25) is 5.91 Å². The van der Waals surface area contributed by atoms with Gasteiger partial charge in [0.1, 0.15) is 5.75 Å². The summed E-state index contributed by atoms with van der Waals surface area (Å²) in [6.45, 7) is 1.96. The molecule has 1 amide bonds. The molecule has 0 saturated carbocycles. The summed E-state index contributed by atoms with van der Waals surface area (Å²) in [4.78, 5) is 12.6. The lowest BCUT2D eigenvalue weighted by molar-refractivity contribution is -0.113. The van der Waals surface area contributed by atoms with E-state index in [9.17, 15) is 4.79 Å². The molecule has 1 heterocycles. The number of para-hydroxylation sites is 1. The quantitative estimate of drug-likeness (QED) is 0.359. The average molecular weight is 465 g/mol. The zero-order valence-corrected chi connectivity index (χ0v) is 19.2. The Balaban J connectivity index is 1.63. The molecule has 1 N–H and O–H groups in total. The zero-order valence-electron chi connectivity index (χ0n) is 17.6. The van der Waals surface area contributed by atoms with Gasteiger partial charge in [0.15, 0.2) is 11.0 Å². The molecule has 0 saturated heterocycles. The maximum Gasteiger partial charge on any atom is 0.234 e. The third-order valence-electron chi connectivity index (χ3n) is 4.81. The number of methoxy groups -OCH3 is 1. The minimum Gasteiger partial charge on any atom is -0.495 e. The van der Waals surface area contributed by atoms with Crippen LogP contribution in [-0.2, 0) is 4.79 Å². The summed E-state index contributed by atoms with van der Waals surface area (Å²) in [7, 11) is 1.57. The average Bonchev–Trinajstić information content (AvgIpc) is 3.24. The number of rotatable bonds is 7. The van der Waals surface area contributed by atoms with E-state index >= 15 is 0 Å². The van der Waals surface area contributed by atoms with Crippen molar-refractivity contribution in [1.82, 2.24) is 14.8 Å². The number of thioether (sulfide) groups is 1. The maximum atomic E-state index is 12.6. The number of hydrogen-bond donors (Lipinski definition) is 1. The Hall–Kier alpha value is -3.29. The van der Waals surface area contributed by atoms with Gasteiger partial charge in [-0.15, -0.1) is 10.2 Å². The highest BCUT2D eigenvalue weighted by molar-refractivity contribution is 7.99. The van der Waals surface area contributed by atoms with Gasteiger partial charge in [-0.05, 0) is 36.8 Å². The summed E-state index contributed by atoms with van der Waals surface area (Å²) in [5.41, 5.74) is 3.49. The number of ether oxygens (including phenoxy) is 1. The Labute approximate surface area is 195 Å². The van der Waals surface area contributed by atoms with Gasteiger partial charge >= 0.3 is 0 Å². The van der Waals surface area contributed by atoms with E-state index < -0.39 is 0 Å². The van der Waals surface area contributed by atoms with Crippen LogP contribution in [0.25, 0.3) is 17.1 Å². The van der Waals surface area contributed by atoms with Crippen molar-refractivity contribution in [3.8, 4) is 22.8 Å². The minimum absolute atomic E-state index is 0.118. The molecule has 162 valence electrons. The van der Waals surface area contributed by atoms with E-state index in [1.54, 1.807) is 19.2 Å². The number of hydrogen-bond acceptors (Lipinski definition) is 5. The smallest absolute Gasteiger partial charge is 0.234 e. The molecule has 6 nitrogen and oxygen atoms in total. The SMILES string of the molecule is COc1ccc(-n2c(SCC(=O)Nc3ccccc3C)nnc2-c2ccccc2)cc1Cl. The first kappa shape index (κ1) is 21.9. The van der Waals surface area contributed by atoms with Crippen molar-refractivity contribution < 1.29 is 9.53 Å². The van der Waals surface area contributed by atoms with Crippen molar-refractivity contribution in [3.63, 3.8) is 0 Å². The molecule has 0 bridgehead atoms. The fraction of sp³-hybridized carbons (Fsp3) is 0.125. The number of aryl methyl sites for hydroxylation is 1. The molecule has 0 aliphatic heterocycles. The van der Waals surface area contributed by atoms with E-state index in [0.717, 1.165) is 22.5 Å². The van der Waals surface area contributed by atoms with Crippen LogP contribution in [0.1, 0.15) is 5.56 Å². The number of aromatic nitrogens is 3. The second-order valence-electron chi connectivity index (χ2n) is 6.98. The molecule has 1 aromatic heterocycles. The zero-order chi connectivity index (χ0) is 22.5. The molecule has 0 aliphatic carbocycles. The third kappa shape index (κ3) is 4.79. The summed E-state index contributed by atoms with van der Waals surface area (Å²) in [6.07, 6.45) is 0. The van der Waals surface area contributed by atoms with E-state index in [2.05, 4.69) is 15.5 Å². The Morgan fingerprint density at radius 2 is 1.81 bits per heavy atom. The highest BCUT2D eigenvalue weighted by Crippen LogP contribution is 2.32. The predicted octanol–water partition coefficient (Wildman–Crippen LogP) is 5.64. The Morgan fingerprint density at radius 3 is 2.53 bits per heavy atom. The van der Waals surface area contributed by atoms with Crippen molar-refractivity contribution in [2.45, 2.75) is 12.1 Å². The molecular weight excluding hydrogens is 444 g/mol. The van der Waals surface area contributed by atoms with Crippen molar-refractivity contribution in [3.05, 3.63) is 83.4 Å². The van der Waals surface area contributed by atoms with Gasteiger partial charge in [-0.1, -0.05) is 71.9 Å². The molecule has 8 heteroatoms. The fourth-order valence-corrected chi connectivity index (χ4v) is 4.20. The van der Waals surface area contributed by atoms with E-state index in [0.29, 0.717) is 21.8 Å². The van der Waals surface area contributed by atoms with E-state index in [1.807, 2.05) is 72.2 Å². The molecule has 0 aliphatic rings. The van der Waals surface area contributed by atoms with Crippen LogP contribution in [0, 0.1) is 6.92 Å². The summed E-state index contributed by atoms with van der Waals surface area (Å²) in [5, 5.41) is 12.8. The van der Waals surface area contributed by atoms with Gasteiger partial charge < -0.3 is 10.1 Å². The van der Waals surface area contributed by atoms with Gasteiger partial charge in [0.25, 0.3) is 0 Å². The lowest BCUT2D eigenvalue weighted by atomic mass is 10.2. The minimum atomic E-state index is -0.118. The van der Waals surface area contributed by atoms with Crippen molar-refractivity contribution >= 4 is 35.0 Å². The Kier molecular flexibility index (Phi) is 6.78. The number of anilines is 1. The number of carbonyl (C=O) groups is 1. The van der Waals surface area contributed by atoms with E-state index in [-0.39, 0.29) is 11.7 Å². The van der Waals surface area contributed by atoms with E-state index in [1.165, 1.54) is 11.8 Å². The first-order chi connectivity index (χ1) is 15.6. The lowest BCUT2D eigenvalue weighted by Gasteiger charge is -2.12. The van der Waals surface area contributed by atoms with Gasteiger partial charge in [-0.25, -0.2) is 0 Å². The van der Waals surface area contributed by atoms with Crippen molar-refractivity contribution in [2.75, 3.05) is 18.2 Å². The summed E-state index contributed by atoms with van der Waals surface area (Å²) in [6, 6.07) is 22.9. The molecule has 0 unspecified atom stereocenters. The summed E-state index contributed by atoms with van der Waals surface area (Å²) < 4.78 is 7.17. The second kappa shape index (κ2) is 9.89. The van der Waals surface area contributed by atoms with Crippen LogP contribution in [0.5, 0.6) is 5.75 Å². The normalized spacial score (nSPS) is 10.7. The van der Waals surface area contributed by atoms with Gasteiger partial charge in [-0.2, -0.15) is 0 Å². The molecule has 0 atom stereocenters. The van der Waals surface area contributed by atoms with Crippen molar-refractivity contribution in [1.29, 1.82) is 0 Å². The molecule has 4 aromatic rings. The maximum absolute atomic E-state index is 12.6. The standard InChI is InChI=1S/C24H21ClN4O2S/c1-16-8-6-7-11-20(16)26-22(30)15-32-24-28-27-23(17-9-4-3-5-10-17)29(24)18-12-13-21(31-2)19(25)14-18/h3-14H,15H2,1-2H3,(H,26,30). The van der Waals surface area contributed by atoms with Crippen LogP contribution < -0.4 is 10.1 Å². The topological polar surface area (TPSA) is 69.0 Å². The van der Waals surface area contributed by atoms with Crippen LogP contribution in [0.3, 0.4) is 0 Å². The van der Waals surface area contributed by atoms with Crippen LogP contribution in [0.15, 0.2) is 78.0 Å². The number of nitrogens with zero attached hydrogens (tertiary/aromatic N) is 3. The molecule has 4 rings (SSSR count). The molecule has 0 fully saturated rings. The van der Waals surface area contributed by atoms with Crippen LogP contribution in [0.4, 0.5) is 5.69 Å². The molecule has 3 aromatic carbocycles. The highest BCUT2D eigenvalue weighted by atomic mass is 35.5. The third-order valence-corrected chi connectivity index (χ3v) is 6.03. The number of benzene rings is 3. The Morgan fingerprint density at radius 1 is 1.06 bits per heavy atom. The highest BCUT2D eigenvalue weighted by Gasteiger charge is 2.18. The Bertz CT molecular complexity index is 1240. The number of carbonyl (C=O) groups excluding carboxylic acids is 1. The van der Waals surface area contributed by atoms with Gasteiger partial charge in [-0.3, -0.25) is 9.36 Å². The molecule has 0 radical (unpaired) electrons. The van der Waals surface area contributed by atoms with Crippen molar-refractivity contribution in [2.24, 2.45) is 0 Å². The predicted molar refractivity (Wildman–Crippen MR) is 129 cm³/mol. The first-order valence-corrected chi connectivity index (χ1v) is 11.3. The second-order valence-corrected chi connectivity index (χ2v) is 8.33. The molecular formula is C24H21ClN4O2S. The van der Waals surface area contributed by atoms with Gasteiger partial charge in [0.05, 0.1) is 23.6 Å². The number of halogens is 1. The molecule has 32 heavy (non-hydrogen) atoms. The number of nitrogens with one attached hydrogen (secondary N) is 1. The van der Waals surface area contributed by atoms with Gasteiger partial charge in [0, 0.05) is 11.3 Å². The number of amides is 1. The fourth-order valence-electron chi connectivity index (χ4n) is 3.19. The van der Waals surface area contributed by atoms with Crippen LogP contribution in [0.2, 0.25) is 5.02 Å². The van der Waals surface area contributed by atoms with Crippen LogP contribution in [-0.4, -0.2) is 33.5 Å². The largest absolute Gasteiger partial charge is 0.495 e. The first-order valence-electron chi connectivity index (χ1n) is 9.90. The summed E-state index contributed by atoms with van der Waals surface area (Å²) in [5.74, 6) is 1.31. The monoisotopic (exact) mass is 464 g/mol. The van der Waals surface area contributed by atoms with E-state index in [4.69, 9.17) is 16.3 Å². The summed E-state index contributed by atoms with van der Waals surface area (Å²) >= 11 is 7.69. The van der Waals surface area contributed by atoms with Crippen LogP contribution >= 0.6 is 23.4 Å².